The molecule has 0 aromatic heterocycles. The predicted molar refractivity (Wildman–Crippen MR) is 112 cm³/mol. The van der Waals surface area contributed by atoms with Gasteiger partial charge in [0.15, 0.2) is 11.5 Å². The van der Waals surface area contributed by atoms with E-state index >= 15 is 0 Å². The molecule has 1 heterocycles. The molecule has 1 aliphatic rings. The van der Waals surface area contributed by atoms with Crippen LogP contribution in [0.3, 0.4) is 0 Å². The van der Waals surface area contributed by atoms with E-state index in [1.165, 1.54) is 22.7 Å². The number of rotatable bonds is 10. The summed E-state index contributed by atoms with van der Waals surface area (Å²) in [4.78, 5) is 12.5. The highest BCUT2D eigenvalue weighted by atomic mass is 32.2. The standard InChI is InChI=1S/C20H33N3O5S/c1-5-28-18-11-10-16(14-19(18)27-4)8-6-12-21-20(24)17-9-7-13-23(15-17)29(25,26)22(2)3/h10-11,14,17H,5-9,12-13,15H2,1-4H3,(H,21,24)/t17-/m0/s1. The number of benzene rings is 1. The minimum absolute atomic E-state index is 0.0760. The van der Waals surface area contributed by atoms with Crippen molar-refractivity contribution < 1.29 is 22.7 Å². The van der Waals surface area contributed by atoms with Gasteiger partial charge in [0.05, 0.1) is 19.6 Å². The van der Waals surface area contributed by atoms with Gasteiger partial charge in [-0.2, -0.15) is 17.0 Å². The molecule has 0 unspecified atom stereocenters. The Hall–Kier alpha value is -1.84. The van der Waals surface area contributed by atoms with E-state index in [2.05, 4.69) is 5.32 Å². The van der Waals surface area contributed by atoms with Crippen molar-refractivity contribution in [3.8, 4) is 11.5 Å². The number of hydrogen-bond acceptors (Lipinski definition) is 5. The van der Waals surface area contributed by atoms with Crippen molar-refractivity contribution in [3.05, 3.63) is 23.8 Å². The van der Waals surface area contributed by atoms with Gasteiger partial charge in [0.2, 0.25) is 5.91 Å². The number of nitrogens with zero attached hydrogens (tertiary/aromatic N) is 2. The second-order valence-electron chi connectivity index (χ2n) is 7.30. The molecule has 0 radical (unpaired) electrons. The van der Waals surface area contributed by atoms with E-state index in [0.29, 0.717) is 38.3 Å². The summed E-state index contributed by atoms with van der Waals surface area (Å²) in [6.45, 7) is 3.76. The van der Waals surface area contributed by atoms with Gasteiger partial charge in [-0.3, -0.25) is 4.79 Å². The van der Waals surface area contributed by atoms with Crippen LogP contribution in [0.4, 0.5) is 0 Å². The summed E-state index contributed by atoms with van der Waals surface area (Å²) in [6.07, 6.45) is 2.99. The molecule has 0 bridgehead atoms. The van der Waals surface area contributed by atoms with Gasteiger partial charge >= 0.3 is 0 Å². The quantitative estimate of drug-likeness (QED) is 0.574. The van der Waals surface area contributed by atoms with E-state index in [1.54, 1.807) is 7.11 Å². The van der Waals surface area contributed by atoms with Crippen LogP contribution in [0.2, 0.25) is 0 Å². The van der Waals surface area contributed by atoms with Gasteiger partial charge in [0, 0.05) is 33.7 Å². The molecule has 1 amide bonds. The fraction of sp³-hybridized carbons (Fsp3) is 0.650. The molecule has 1 N–H and O–H groups in total. The Morgan fingerprint density at radius 2 is 2.07 bits per heavy atom. The number of piperidine rings is 1. The summed E-state index contributed by atoms with van der Waals surface area (Å²) in [5, 5.41) is 2.95. The average molecular weight is 428 g/mol. The van der Waals surface area contributed by atoms with Crippen LogP contribution in [0, 0.1) is 5.92 Å². The maximum Gasteiger partial charge on any atom is 0.281 e. The van der Waals surface area contributed by atoms with Crippen LogP contribution in [0.5, 0.6) is 11.5 Å². The second-order valence-corrected chi connectivity index (χ2v) is 9.44. The van der Waals surface area contributed by atoms with Gasteiger partial charge in [-0.1, -0.05) is 6.07 Å². The molecule has 0 saturated carbocycles. The lowest BCUT2D eigenvalue weighted by Crippen LogP contribution is -2.48. The zero-order valence-electron chi connectivity index (χ0n) is 17.8. The van der Waals surface area contributed by atoms with E-state index in [0.717, 1.165) is 24.2 Å². The van der Waals surface area contributed by atoms with Crippen molar-refractivity contribution in [1.82, 2.24) is 13.9 Å². The minimum atomic E-state index is -3.48. The number of methoxy groups -OCH3 is 1. The van der Waals surface area contributed by atoms with Crippen molar-refractivity contribution in [1.29, 1.82) is 0 Å². The van der Waals surface area contributed by atoms with Crippen molar-refractivity contribution in [2.45, 2.75) is 32.6 Å². The van der Waals surface area contributed by atoms with Crippen LogP contribution >= 0.6 is 0 Å². The first-order valence-corrected chi connectivity index (χ1v) is 11.4. The third-order valence-electron chi connectivity index (χ3n) is 5.01. The molecule has 1 aliphatic heterocycles. The van der Waals surface area contributed by atoms with Crippen LogP contribution < -0.4 is 14.8 Å². The molecule has 9 heteroatoms. The first-order valence-electron chi connectivity index (χ1n) is 10.0. The van der Waals surface area contributed by atoms with Gasteiger partial charge in [0.25, 0.3) is 10.2 Å². The van der Waals surface area contributed by atoms with E-state index in [4.69, 9.17) is 9.47 Å². The number of carbonyl (C=O) groups is 1. The number of amides is 1. The Bertz CT molecular complexity index is 782. The SMILES string of the molecule is CCOc1ccc(CCCNC(=O)[C@H]2CCCN(S(=O)(=O)N(C)C)C2)cc1OC. The van der Waals surface area contributed by atoms with Gasteiger partial charge in [-0.15, -0.1) is 0 Å². The van der Waals surface area contributed by atoms with E-state index in [-0.39, 0.29) is 18.4 Å². The summed E-state index contributed by atoms with van der Waals surface area (Å²) in [5.74, 6) is 1.05. The largest absolute Gasteiger partial charge is 0.493 e. The lowest BCUT2D eigenvalue weighted by Gasteiger charge is -2.32. The number of carbonyl (C=O) groups excluding carboxylic acids is 1. The number of hydrogen-bond donors (Lipinski definition) is 1. The summed E-state index contributed by atoms with van der Waals surface area (Å²) in [6, 6.07) is 5.86. The molecule has 8 nitrogen and oxygen atoms in total. The highest BCUT2D eigenvalue weighted by Gasteiger charge is 2.33. The van der Waals surface area contributed by atoms with Crippen molar-refractivity contribution in [3.63, 3.8) is 0 Å². The molecule has 1 atom stereocenters. The van der Waals surface area contributed by atoms with Gasteiger partial charge in [0.1, 0.15) is 0 Å². The first kappa shape index (κ1) is 23.4. The number of nitrogens with one attached hydrogen (secondary N) is 1. The van der Waals surface area contributed by atoms with Crippen molar-refractivity contribution >= 4 is 16.1 Å². The third kappa shape index (κ3) is 6.32. The van der Waals surface area contributed by atoms with Crippen molar-refractivity contribution in [2.75, 3.05) is 47.4 Å². The molecule has 2 rings (SSSR count). The summed E-state index contributed by atoms with van der Waals surface area (Å²) in [7, 11) is 1.16. The van der Waals surface area contributed by atoms with Crippen LogP contribution in [0.25, 0.3) is 0 Å². The topological polar surface area (TPSA) is 88.2 Å². The predicted octanol–water partition coefficient (Wildman–Crippen LogP) is 1.66. The second kappa shape index (κ2) is 10.8. The molecule has 0 spiro atoms. The fourth-order valence-corrected chi connectivity index (χ4v) is 4.58. The van der Waals surface area contributed by atoms with Gasteiger partial charge < -0.3 is 14.8 Å². The Kier molecular flexibility index (Phi) is 8.73. The molecule has 1 aromatic rings. The van der Waals surface area contributed by atoms with Crippen LogP contribution in [-0.4, -0.2) is 70.4 Å². The molecular formula is C20H33N3O5S. The Morgan fingerprint density at radius 3 is 2.72 bits per heavy atom. The zero-order chi connectivity index (χ0) is 21.4. The van der Waals surface area contributed by atoms with Crippen LogP contribution in [-0.2, 0) is 21.4 Å². The number of aryl methyl sites for hydroxylation is 1. The summed E-state index contributed by atoms with van der Waals surface area (Å²) >= 11 is 0. The highest BCUT2D eigenvalue weighted by Crippen LogP contribution is 2.28. The number of ether oxygens (including phenoxy) is 2. The molecule has 0 aliphatic carbocycles. The van der Waals surface area contributed by atoms with Crippen LogP contribution in [0.1, 0.15) is 31.7 Å². The molecule has 1 fully saturated rings. The maximum atomic E-state index is 12.5. The van der Waals surface area contributed by atoms with Gasteiger partial charge in [-0.05, 0) is 50.3 Å². The summed E-state index contributed by atoms with van der Waals surface area (Å²) < 4.78 is 38.1. The molecular weight excluding hydrogens is 394 g/mol. The fourth-order valence-electron chi connectivity index (χ4n) is 3.39. The monoisotopic (exact) mass is 427 g/mol. The lowest BCUT2D eigenvalue weighted by atomic mass is 9.99. The van der Waals surface area contributed by atoms with Crippen LogP contribution in [0.15, 0.2) is 18.2 Å². The van der Waals surface area contributed by atoms with E-state index < -0.39 is 10.2 Å². The molecule has 29 heavy (non-hydrogen) atoms. The van der Waals surface area contributed by atoms with Gasteiger partial charge in [-0.25, -0.2) is 0 Å². The Balaban J connectivity index is 1.81. The first-order chi connectivity index (χ1) is 13.8. The smallest absolute Gasteiger partial charge is 0.281 e. The Morgan fingerprint density at radius 1 is 1.31 bits per heavy atom. The normalized spacial score (nSPS) is 17.9. The zero-order valence-corrected chi connectivity index (χ0v) is 18.6. The minimum Gasteiger partial charge on any atom is -0.493 e. The third-order valence-corrected chi connectivity index (χ3v) is 6.92. The highest BCUT2D eigenvalue weighted by molar-refractivity contribution is 7.86. The molecule has 164 valence electrons. The average Bonchev–Trinajstić information content (AvgIpc) is 2.72. The maximum absolute atomic E-state index is 12.5. The van der Waals surface area contributed by atoms with Crippen molar-refractivity contribution in [2.24, 2.45) is 5.92 Å². The lowest BCUT2D eigenvalue weighted by molar-refractivity contribution is -0.126. The molecule has 1 saturated heterocycles. The Labute approximate surface area is 174 Å². The summed E-state index contributed by atoms with van der Waals surface area (Å²) in [5.41, 5.74) is 1.11. The molecule has 1 aromatic carbocycles. The van der Waals surface area contributed by atoms with E-state index in [9.17, 15) is 13.2 Å². The van der Waals surface area contributed by atoms with E-state index in [1.807, 2.05) is 25.1 Å².